The highest BCUT2D eigenvalue weighted by atomic mass is 32.1. The number of anilines is 1. The van der Waals surface area contributed by atoms with E-state index in [0.717, 1.165) is 12.0 Å². The first kappa shape index (κ1) is 18.7. The number of benzene rings is 1. The summed E-state index contributed by atoms with van der Waals surface area (Å²) in [6.45, 7) is 3.63. The molecule has 2 aromatic rings. The van der Waals surface area contributed by atoms with Crippen molar-refractivity contribution in [3.8, 4) is 6.07 Å². The first-order valence-electron chi connectivity index (χ1n) is 8.05. The van der Waals surface area contributed by atoms with Crippen LogP contribution in [-0.2, 0) is 14.3 Å². The summed E-state index contributed by atoms with van der Waals surface area (Å²) in [5.74, 6) is -1.18. The minimum atomic E-state index is -0.455. The predicted molar refractivity (Wildman–Crippen MR) is 97.3 cm³/mol. The van der Waals surface area contributed by atoms with Gasteiger partial charge >= 0.3 is 5.97 Å². The topological polar surface area (TPSA) is 79.2 Å². The highest BCUT2D eigenvalue weighted by Gasteiger charge is 2.27. The zero-order valence-electron chi connectivity index (χ0n) is 14.2. The quantitative estimate of drug-likeness (QED) is 0.762. The molecule has 2 atom stereocenters. The van der Waals surface area contributed by atoms with Crippen LogP contribution in [0.3, 0.4) is 0 Å². The van der Waals surface area contributed by atoms with E-state index in [1.54, 1.807) is 11.4 Å². The van der Waals surface area contributed by atoms with E-state index in [-0.39, 0.29) is 12.5 Å². The highest BCUT2D eigenvalue weighted by molar-refractivity contribution is 7.14. The lowest BCUT2D eigenvalue weighted by Gasteiger charge is -2.21. The van der Waals surface area contributed by atoms with Gasteiger partial charge in [-0.1, -0.05) is 50.6 Å². The van der Waals surface area contributed by atoms with Crippen LogP contribution in [0.2, 0.25) is 0 Å². The van der Waals surface area contributed by atoms with Gasteiger partial charge in [-0.25, -0.2) is 0 Å². The normalized spacial score (nSPS) is 12.7. The molecule has 0 radical (unpaired) electrons. The molecule has 5 nitrogen and oxygen atoms in total. The van der Waals surface area contributed by atoms with Crippen LogP contribution in [-0.4, -0.2) is 18.5 Å². The van der Waals surface area contributed by atoms with Crippen molar-refractivity contribution in [1.82, 2.24) is 0 Å². The number of carbonyl (C=O) groups excluding carboxylic acids is 2. The van der Waals surface area contributed by atoms with Gasteiger partial charge in [0, 0.05) is 0 Å². The van der Waals surface area contributed by atoms with Gasteiger partial charge in [0.1, 0.15) is 11.1 Å². The molecule has 0 saturated carbocycles. The standard InChI is InChI=1S/C19H20N2O3S/c1-3-13(2)17(14-7-5-4-6-8-14)19(23)24-12-16(22)21-18-15(11-20)9-10-25-18/h4-10,13,17H,3,12H2,1-2H3,(H,21,22)/t13-,17-/m1/s1. The summed E-state index contributed by atoms with van der Waals surface area (Å²) in [5.41, 5.74) is 1.28. The Labute approximate surface area is 151 Å². The van der Waals surface area contributed by atoms with E-state index in [1.165, 1.54) is 11.3 Å². The van der Waals surface area contributed by atoms with E-state index in [1.807, 2.05) is 50.2 Å². The SMILES string of the molecule is CC[C@@H](C)[C@@H](C(=O)OCC(=O)Nc1sccc1C#N)c1ccccc1. The molecular formula is C19H20N2O3S. The molecule has 1 aromatic carbocycles. The fourth-order valence-corrected chi connectivity index (χ4v) is 3.23. The van der Waals surface area contributed by atoms with Gasteiger partial charge in [0.05, 0.1) is 11.5 Å². The van der Waals surface area contributed by atoms with Crippen molar-refractivity contribution in [2.45, 2.75) is 26.2 Å². The Balaban J connectivity index is 1.99. The highest BCUT2D eigenvalue weighted by Crippen LogP contribution is 2.28. The lowest BCUT2D eigenvalue weighted by atomic mass is 9.86. The third-order valence-electron chi connectivity index (χ3n) is 4.01. The van der Waals surface area contributed by atoms with Crippen molar-refractivity contribution >= 4 is 28.2 Å². The van der Waals surface area contributed by atoms with Crippen molar-refractivity contribution in [3.05, 3.63) is 52.9 Å². The van der Waals surface area contributed by atoms with Crippen LogP contribution in [0.1, 0.15) is 37.3 Å². The summed E-state index contributed by atoms with van der Waals surface area (Å²) < 4.78 is 5.24. The Hall–Kier alpha value is -2.65. The van der Waals surface area contributed by atoms with Gasteiger partial charge in [-0.3, -0.25) is 9.59 Å². The monoisotopic (exact) mass is 356 g/mol. The second kappa shape index (κ2) is 9.00. The maximum absolute atomic E-state index is 12.5. The molecule has 0 aliphatic carbocycles. The van der Waals surface area contributed by atoms with Crippen LogP contribution < -0.4 is 5.32 Å². The lowest BCUT2D eigenvalue weighted by molar-refractivity contribution is -0.150. The Morgan fingerprint density at radius 1 is 1.28 bits per heavy atom. The number of hydrogen-bond acceptors (Lipinski definition) is 5. The number of amides is 1. The number of esters is 1. The van der Waals surface area contributed by atoms with Gasteiger partial charge < -0.3 is 10.1 Å². The van der Waals surface area contributed by atoms with Crippen molar-refractivity contribution in [3.63, 3.8) is 0 Å². The van der Waals surface area contributed by atoms with E-state index in [0.29, 0.717) is 10.6 Å². The predicted octanol–water partition coefficient (Wildman–Crippen LogP) is 3.93. The fourth-order valence-electron chi connectivity index (χ4n) is 2.48. The first-order chi connectivity index (χ1) is 12.1. The van der Waals surface area contributed by atoms with Crippen LogP contribution in [0.4, 0.5) is 5.00 Å². The minimum absolute atomic E-state index is 0.0976. The molecule has 1 N–H and O–H groups in total. The van der Waals surface area contributed by atoms with Crippen molar-refractivity contribution in [2.24, 2.45) is 5.92 Å². The van der Waals surface area contributed by atoms with Gasteiger partial charge in [0.15, 0.2) is 6.61 Å². The van der Waals surface area contributed by atoms with Crippen molar-refractivity contribution in [1.29, 1.82) is 5.26 Å². The molecule has 0 saturated heterocycles. The van der Waals surface area contributed by atoms with E-state index in [9.17, 15) is 9.59 Å². The smallest absolute Gasteiger partial charge is 0.314 e. The molecule has 0 spiro atoms. The molecular weight excluding hydrogens is 336 g/mol. The third kappa shape index (κ3) is 4.91. The summed E-state index contributed by atoms with van der Waals surface area (Å²) in [6, 6.07) is 13.1. The van der Waals surface area contributed by atoms with Gasteiger partial charge in [0.25, 0.3) is 5.91 Å². The third-order valence-corrected chi connectivity index (χ3v) is 4.84. The Bertz CT molecular complexity index is 764. The average Bonchev–Trinajstić information content (AvgIpc) is 3.08. The molecule has 0 unspecified atom stereocenters. The number of hydrogen-bond donors (Lipinski definition) is 1. The van der Waals surface area contributed by atoms with Crippen LogP contribution in [0.5, 0.6) is 0 Å². The molecule has 6 heteroatoms. The summed E-state index contributed by atoms with van der Waals surface area (Å²) in [5, 5.41) is 13.7. The van der Waals surface area contributed by atoms with Crippen LogP contribution in [0, 0.1) is 17.2 Å². The zero-order valence-corrected chi connectivity index (χ0v) is 15.0. The molecule has 1 aromatic heterocycles. The second-order valence-corrected chi connectivity index (χ2v) is 6.62. The van der Waals surface area contributed by atoms with Crippen molar-refractivity contribution < 1.29 is 14.3 Å². The second-order valence-electron chi connectivity index (χ2n) is 5.70. The molecule has 0 aliphatic rings. The zero-order chi connectivity index (χ0) is 18.2. The maximum Gasteiger partial charge on any atom is 0.314 e. The molecule has 1 heterocycles. The molecule has 25 heavy (non-hydrogen) atoms. The number of ether oxygens (including phenoxy) is 1. The fraction of sp³-hybridized carbons (Fsp3) is 0.316. The van der Waals surface area contributed by atoms with Crippen LogP contribution in [0.15, 0.2) is 41.8 Å². The average molecular weight is 356 g/mol. The molecule has 130 valence electrons. The lowest BCUT2D eigenvalue weighted by Crippen LogP contribution is -2.26. The number of rotatable bonds is 7. The summed E-state index contributed by atoms with van der Waals surface area (Å²) >= 11 is 1.25. The van der Waals surface area contributed by atoms with Gasteiger partial charge in [-0.2, -0.15) is 5.26 Å². The number of carbonyl (C=O) groups is 2. The van der Waals surface area contributed by atoms with Crippen LogP contribution in [0.25, 0.3) is 0 Å². The number of nitrogens with one attached hydrogen (secondary N) is 1. The van der Waals surface area contributed by atoms with Crippen molar-refractivity contribution in [2.75, 3.05) is 11.9 Å². The Kier molecular flexibility index (Phi) is 6.72. The first-order valence-corrected chi connectivity index (χ1v) is 8.93. The molecule has 0 aliphatic heterocycles. The summed E-state index contributed by atoms with van der Waals surface area (Å²) in [7, 11) is 0. The van der Waals surface area contributed by atoms with Gasteiger partial charge in [-0.15, -0.1) is 11.3 Å². The van der Waals surface area contributed by atoms with E-state index >= 15 is 0 Å². The molecule has 0 bridgehead atoms. The Morgan fingerprint density at radius 3 is 2.64 bits per heavy atom. The van der Waals surface area contributed by atoms with E-state index in [4.69, 9.17) is 10.00 Å². The number of nitriles is 1. The van der Waals surface area contributed by atoms with Crippen LogP contribution >= 0.6 is 11.3 Å². The largest absolute Gasteiger partial charge is 0.455 e. The summed E-state index contributed by atoms with van der Waals surface area (Å²) in [4.78, 5) is 24.5. The summed E-state index contributed by atoms with van der Waals surface area (Å²) in [6.07, 6.45) is 0.821. The Morgan fingerprint density at radius 2 is 2.00 bits per heavy atom. The van der Waals surface area contributed by atoms with Gasteiger partial charge in [0.2, 0.25) is 0 Å². The molecule has 1 amide bonds. The van der Waals surface area contributed by atoms with E-state index in [2.05, 4.69) is 5.32 Å². The van der Waals surface area contributed by atoms with E-state index < -0.39 is 17.8 Å². The maximum atomic E-state index is 12.5. The molecule has 2 rings (SSSR count). The number of thiophene rings is 1. The van der Waals surface area contributed by atoms with Gasteiger partial charge in [-0.05, 0) is 22.9 Å². The minimum Gasteiger partial charge on any atom is -0.455 e. The molecule has 0 fully saturated rings. The number of nitrogens with zero attached hydrogens (tertiary/aromatic N) is 1.